The van der Waals surface area contributed by atoms with Gasteiger partial charge in [0.2, 0.25) is 6.79 Å². The van der Waals surface area contributed by atoms with Crippen molar-refractivity contribution < 1.29 is 19.0 Å². The minimum absolute atomic E-state index is 0.205. The van der Waals surface area contributed by atoms with Gasteiger partial charge in [0.15, 0.2) is 11.5 Å². The second kappa shape index (κ2) is 8.88. The third kappa shape index (κ3) is 4.23. The van der Waals surface area contributed by atoms with Crippen molar-refractivity contribution in [2.45, 2.75) is 6.54 Å². The maximum absolute atomic E-state index is 13.2. The van der Waals surface area contributed by atoms with Crippen molar-refractivity contribution in [1.82, 2.24) is 15.1 Å². The number of hydrogen-bond donors (Lipinski definition) is 1. The Morgan fingerprint density at radius 1 is 1.06 bits per heavy atom. The number of carbonyl (C=O) groups is 1. The van der Waals surface area contributed by atoms with Crippen molar-refractivity contribution in [2.24, 2.45) is 0 Å². The first-order valence-corrected chi connectivity index (χ1v) is 10.7. The maximum Gasteiger partial charge on any atom is 0.270 e. The van der Waals surface area contributed by atoms with Gasteiger partial charge in [-0.15, -0.1) is 0 Å². The summed E-state index contributed by atoms with van der Waals surface area (Å²) in [6, 6.07) is 22.1. The summed E-state index contributed by atoms with van der Waals surface area (Å²) >= 11 is 6.38. The van der Waals surface area contributed by atoms with Gasteiger partial charge in [-0.05, 0) is 54.1 Å². The van der Waals surface area contributed by atoms with Crippen LogP contribution in [0.1, 0.15) is 16.1 Å². The van der Waals surface area contributed by atoms with Gasteiger partial charge in [-0.3, -0.25) is 4.79 Å². The van der Waals surface area contributed by atoms with Crippen molar-refractivity contribution in [2.75, 3.05) is 13.9 Å². The molecule has 0 saturated carbocycles. The second-order valence-corrected chi connectivity index (χ2v) is 7.78. The summed E-state index contributed by atoms with van der Waals surface area (Å²) in [4.78, 5) is 13.2. The van der Waals surface area contributed by atoms with E-state index in [2.05, 4.69) is 10.4 Å². The van der Waals surface area contributed by atoms with Gasteiger partial charge in [0.25, 0.3) is 5.91 Å². The molecule has 1 amide bonds. The zero-order valence-corrected chi connectivity index (χ0v) is 18.5. The number of halogens is 1. The number of hydrogen-bond acceptors (Lipinski definition) is 5. The summed E-state index contributed by atoms with van der Waals surface area (Å²) < 4.78 is 17.6. The lowest BCUT2D eigenvalue weighted by atomic mass is 10.1. The third-order valence-corrected chi connectivity index (χ3v) is 5.63. The Bertz CT molecular complexity index is 1320. The van der Waals surface area contributed by atoms with Crippen LogP contribution in [0.25, 0.3) is 16.9 Å². The molecule has 0 fully saturated rings. The van der Waals surface area contributed by atoms with Crippen LogP contribution in [0.2, 0.25) is 5.02 Å². The number of ether oxygens (including phenoxy) is 3. The molecule has 0 unspecified atom stereocenters. The van der Waals surface area contributed by atoms with Crippen LogP contribution in [-0.2, 0) is 6.54 Å². The van der Waals surface area contributed by atoms with E-state index in [0.717, 1.165) is 16.8 Å². The summed E-state index contributed by atoms with van der Waals surface area (Å²) in [6.07, 6.45) is 0. The first-order valence-electron chi connectivity index (χ1n) is 10.3. The number of fused-ring (bicyclic) bond motifs is 1. The largest absolute Gasteiger partial charge is 0.497 e. The zero-order chi connectivity index (χ0) is 22.8. The number of nitrogens with one attached hydrogen (secondary N) is 1. The predicted octanol–water partition coefficient (Wildman–Crippen LogP) is 4.86. The van der Waals surface area contributed by atoms with Gasteiger partial charge in [-0.2, -0.15) is 5.10 Å². The van der Waals surface area contributed by atoms with E-state index in [0.29, 0.717) is 40.2 Å². The van der Waals surface area contributed by atoms with Crippen LogP contribution < -0.4 is 19.5 Å². The van der Waals surface area contributed by atoms with E-state index in [1.807, 2.05) is 60.7 Å². The fourth-order valence-electron chi connectivity index (χ4n) is 3.59. The van der Waals surface area contributed by atoms with Crippen LogP contribution in [-0.4, -0.2) is 29.6 Å². The number of rotatable bonds is 6. The molecular formula is C25H20ClN3O4. The summed E-state index contributed by atoms with van der Waals surface area (Å²) in [5, 5.41) is 8.21. The van der Waals surface area contributed by atoms with Gasteiger partial charge in [0, 0.05) is 12.1 Å². The molecule has 1 aliphatic rings. The molecule has 1 N–H and O–H groups in total. The van der Waals surface area contributed by atoms with E-state index < -0.39 is 0 Å². The number of nitrogens with zero attached hydrogens (tertiary/aromatic N) is 2. The smallest absolute Gasteiger partial charge is 0.270 e. The molecule has 4 aromatic rings. The maximum atomic E-state index is 13.2. The van der Waals surface area contributed by atoms with Gasteiger partial charge >= 0.3 is 0 Å². The number of methoxy groups -OCH3 is 1. The molecule has 0 atom stereocenters. The van der Waals surface area contributed by atoms with E-state index in [1.54, 1.807) is 23.9 Å². The number of amides is 1. The SMILES string of the molecule is COc1ccc(-n2nc(-c3ccccc3Cl)cc2C(=O)NCc2ccc3c(c2)OCO3)cc1. The number of benzene rings is 3. The van der Waals surface area contributed by atoms with Crippen LogP contribution >= 0.6 is 11.6 Å². The highest BCUT2D eigenvalue weighted by Crippen LogP contribution is 2.32. The highest BCUT2D eigenvalue weighted by Gasteiger charge is 2.19. The molecule has 1 aliphatic heterocycles. The summed E-state index contributed by atoms with van der Waals surface area (Å²) in [7, 11) is 1.60. The van der Waals surface area contributed by atoms with Crippen molar-refractivity contribution in [3.63, 3.8) is 0 Å². The van der Waals surface area contributed by atoms with Crippen LogP contribution in [0.4, 0.5) is 0 Å². The Morgan fingerprint density at radius 3 is 2.64 bits per heavy atom. The molecule has 5 rings (SSSR count). The summed E-state index contributed by atoms with van der Waals surface area (Å²) in [6.45, 7) is 0.529. The van der Waals surface area contributed by atoms with E-state index in [1.165, 1.54) is 0 Å². The van der Waals surface area contributed by atoms with Crippen LogP contribution in [0.5, 0.6) is 17.2 Å². The Labute approximate surface area is 195 Å². The Morgan fingerprint density at radius 2 is 1.85 bits per heavy atom. The Balaban J connectivity index is 1.46. The lowest BCUT2D eigenvalue weighted by molar-refractivity contribution is 0.0943. The molecule has 7 nitrogen and oxygen atoms in total. The highest BCUT2D eigenvalue weighted by atomic mass is 35.5. The monoisotopic (exact) mass is 461 g/mol. The van der Waals surface area contributed by atoms with Gasteiger partial charge in [-0.1, -0.05) is 35.9 Å². The molecule has 1 aromatic heterocycles. The minimum atomic E-state index is -0.269. The quantitative estimate of drug-likeness (QED) is 0.444. The molecule has 0 spiro atoms. The van der Waals surface area contributed by atoms with Crippen molar-refractivity contribution in [3.8, 4) is 34.2 Å². The second-order valence-electron chi connectivity index (χ2n) is 7.37. The van der Waals surface area contributed by atoms with E-state index in [9.17, 15) is 4.79 Å². The lowest BCUT2D eigenvalue weighted by Crippen LogP contribution is -2.25. The predicted molar refractivity (Wildman–Crippen MR) is 124 cm³/mol. The third-order valence-electron chi connectivity index (χ3n) is 5.30. The molecule has 0 saturated heterocycles. The summed E-state index contributed by atoms with van der Waals surface area (Å²) in [5.41, 5.74) is 3.36. The normalized spacial score (nSPS) is 11.9. The fraction of sp³-hybridized carbons (Fsp3) is 0.120. The molecule has 0 aliphatic carbocycles. The average molecular weight is 462 g/mol. The van der Waals surface area contributed by atoms with Gasteiger partial charge in [0.1, 0.15) is 11.4 Å². The lowest BCUT2D eigenvalue weighted by Gasteiger charge is -2.09. The average Bonchev–Trinajstić information content (AvgIpc) is 3.50. The Hall–Kier alpha value is -3.97. The zero-order valence-electron chi connectivity index (χ0n) is 17.7. The number of aromatic nitrogens is 2. The first kappa shape index (κ1) is 20.9. The van der Waals surface area contributed by atoms with Crippen molar-refractivity contribution in [1.29, 1.82) is 0 Å². The van der Waals surface area contributed by atoms with E-state index in [-0.39, 0.29) is 12.7 Å². The summed E-state index contributed by atoms with van der Waals surface area (Å²) in [5.74, 6) is 1.82. The van der Waals surface area contributed by atoms with Crippen molar-refractivity contribution >= 4 is 17.5 Å². The molecule has 0 radical (unpaired) electrons. The van der Waals surface area contributed by atoms with Gasteiger partial charge < -0.3 is 19.5 Å². The van der Waals surface area contributed by atoms with Crippen LogP contribution in [0.3, 0.4) is 0 Å². The molecule has 3 aromatic carbocycles. The molecular weight excluding hydrogens is 442 g/mol. The molecule has 0 bridgehead atoms. The molecule has 33 heavy (non-hydrogen) atoms. The molecule has 8 heteroatoms. The van der Waals surface area contributed by atoms with Crippen LogP contribution in [0.15, 0.2) is 72.8 Å². The topological polar surface area (TPSA) is 74.6 Å². The fourth-order valence-corrected chi connectivity index (χ4v) is 3.82. The highest BCUT2D eigenvalue weighted by molar-refractivity contribution is 6.33. The van der Waals surface area contributed by atoms with Crippen LogP contribution in [0, 0.1) is 0 Å². The van der Waals surface area contributed by atoms with Gasteiger partial charge in [0.05, 0.1) is 23.5 Å². The standard InChI is InChI=1S/C25H20ClN3O4/c1-31-18-9-7-17(8-10-18)29-22(13-21(28-29)19-4-2-3-5-20(19)26)25(30)27-14-16-6-11-23-24(12-16)33-15-32-23/h2-13H,14-15H2,1H3,(H,27,30). The van der Waals surface area contributed by atoms with Crippen molar-refractivity contribution in [3.05, 3.63) is 89.1 Å². The van der Waals surface area contributed by atoms with Gasteiger partial charge in [-0.25, -0.2) is 4.68 Å². The molecule has 2 heterocycles. The first-order chi connectivity index (χ1) is 16.1. The Kier molecular flexibility index (Phi) is 5.62. The van der Waals surface area contributed by atoms with E-state index in [4.69, 9.17) is 25.8 Å². The molecule has 166 valence electrons. The van der Waals surface area contributed by atoms with E-state index >= 15 is 0 Å². The number of carbonyl (C=O) groups excluding carboxylic acids is 1. The minimum Gasteiger partial charge on any atom is -0.497 e.